The maximum atomic E-state index is 11.0. The topological polar surface area (TPSA) is 55.1 Å². The Kier molecular flexibility index (Phi) is 5.23. The van der Waals surface area contributed by atoms with Gasteiger partial charge in [0.1, 0.15) is 0 Å². The Hall–Kier alpha value is -1.30. The number of amides is 1. The maximum absolute atomic E-state index is 11.0. The van der Waals surface area contributed by atoms with Crippen LogP contribution in [-0.4, -0.2) is 12.5 Å². The van der Waals surface area contributed by atoms with Crippen LogP contribution < -0.4 is 11.1 Å². The van der Waals surface area contributed by atoms with E-state index >= 15 is 0 Å². The molecule has 20 heavy (non-hydrogen) atoms. The third-order valence-electron chi connectivity index (χ3n) is 2.86. The Labute approximate surface area is 127 Å². The molecule has 106 valence electrons. The molecule has 1 unspecified atom stereocenters. The molecule has 2 aromatic rings. The molecular formula is C15H18N2OS2. The van der Waals surface area contributed by atoms with Crippen molar-refractivity contribution in [2.45, 2.75) is 24.0 Å². The van der Waals surface area contributed by atoms with E-state index in [9.17, 15) is 4.79 Å². The summed E-state index contributed by atoms with van der Waals surface area (Å²) in [5.41, 5.74) is 8.02. The summed E-state index contributed by atoms with van der Waals surface area (Å²) in [7, 11) is 0. The molecule has 0 radical (unpaired) electrons. The number of aryl methyl sites for hydroxylation is 1. The number of hydrogen-bond donors (Lipinski definition) is 2. The van der Waals surface area contributed by atoms with Crippen molar-refractivity contribution in [2.75, 3.05) is 11.9 Å². The normalized spacial score (nSPS) is 12.2. The number of anilines is 1. The third kappa shape index (κ3) is 3.85. The molecule has 0 saturated heterocycles. The average molecular weight is 306 g/mol. The Morgan fingerprint density at radius 3 is 2.55 bits per heavy atom. The van der Waals surface area contributed by atoms with Gasteiger partial charge in [0.05, 0.1) is 5.25 Å². The molecule has 0 spiro atoms. The number of nitrogens with two attached hydrogens (primary N) is 1. The molecule has 1 heterocycles. The monoisotopic (exact) mass is 306 g/mol. The standard InChI is InChI=1S/C15H18N2OS2/c1-10-7-8-19-15(10)14(9-16)20-13-5-3-12(4-6-13)17-11(2)18/h3-8,14H,9,16H2,1-2H3,(H,17,18). The highest BCUT2D eigenvalue weighted by Gasteiger charge is 2.15. The first-order chi connectivity index (χ1) is 9.60. The molecule has 3 N–H and O–H groups in total. The zero-order chi connectivity index (χ0) is 14.5. The molecule has 0 bridgehead atoms. The molecule has 3 nitrogen and oxygen atoms in total. The second-order valence-corrected chi connectivity index (χ2v) is 6.74. The van der Waals surface area contributed by atoms with Crippen molar-refractivity contribution in [3.8, 4) is 0 Å². The van der Waals surface area contributed by atoms with E-state index in [1.54, 1.807) is 23.1 Å². The number of rotatable bonds is 5. The van der Waals surface area contributed by atoms with E-state index in [1.165, 1.54) is 17.4 Å². The quantitative estimate of drug-likeness (QED) is 0.826. The van der Waals surface area contributed by atoms with Crippen LogP contribution in [0.4, 0.5) is 5.69 Å². The molecule has 1 aromatic heterocycles. The summed E-state index contributed by atoms with van der Waals surface area (Å²) in [6, 6.07) is 9.99. The van der Waals surface area contributed by atoms with Gasteiger partial charge in [-0.05, 0) is 48.2 Å². The molecule has 1 amide bonds. The third-order valence-corrected chi connectivity index (χ3v) is 5.40. The maximum Gasteiger partial charge on any atom is 0.221 e. The number of benzene rings is 1. The number of nitrogens with one attached hydrogen (secondary N) is 1. The lowest BCUT2D eigenvalue weighted by molar-refractivity contribution is -0.114. The van der Waals surface area contributed by atoms with E-state index in [-0.39, 0.29) is 11.2 Å². The molecule has 0 fully saturated rings. The molecule has 0 aliphatic heterocycles. The summed E-state index contributed by atoms with van der Waals surface area (Å²) in [6.07, 6.45) is 0. The Bertz CT molecular complexity index is 578. The van der Waals surface area contributed by atoms with Gasteiger partial charge in [0, 0.05) is 28.9 Å². The smallest absolute Gasteiger partial charge is 0.221 e. The highest BCUT2D eigenvalue weighted by atomic mass is 32.2. The van der Waals surface area contributed by atoms with Crippen molar-refractivity contribution in [2.24, 2.45) is 5.73 Å². The van der Waals surface area contributed by atoms with Crippen molar-refractivity contribution >= 4 is 34.7 Å². The van der Waals surface area contributed by atoms with Gasteiger partial charge in [0.25, 0.3) is 0 Å². The summed E-state index contributed by atoms with van der Waals surface area (Å²) < 4.78 is 0. The highest BCUT2D eigenvalue weighted by molar-refractivity contribution is 7.99. The van der Waals surface area contributed by atoms with Gasteiger partial charge in [0.2, 0.25) is 5.91 Å². The average Bonchev–Trinajstić information content (AvgIpc) is 2.83. The molecule has 5 heteroatoms. The van der Waals surface area contributed by atoms with Gasteiger partial charge < -0.3 is 11.1 Å². The van der Waals surface area contributed by atoms with Crippen LogP contribution in [0.15, 0.2) is 40.6 Å². The van der Waals surface area contributed by atoms with Crippen LogP contribution in [0, 0.1) is 6.92 Å². The van der Waals surface area contributed by atoms with Gasteiger partial charge in [-0.25, -0.2) is 0 Å². The van der Waals surface area contributed by atoms with Crippen LogP contribution in [0.5, 0.6) is 0 Å². The van der Waals surface area contributed by atoms with Crippen molar-refractivity contribution in [3.63, 3.8) is 0 Å². The summed E-state index contributed by atoms with van der Waals surface area (Å²) in [5, 5.41) is 5.15. The first-order valence-corrected chi connectivity index (χ1v) is 8.14. The molecule has 0 aliphatic carbocycles. The van der Waals surface area contributed by atoms with Crippen molar-refractivity contribution in [1.29, 1.82) is 0 Å². The van der Waals surface area contributed by atoms with Crippen LogP contribution in [0.2, 0.25) is 0 Å². The van der Waals surface area contributed by atoms with Gasteiger partial charge in [0.15, 0.2) is 0 Å². The van der Waals surface area contributed by atoms with Crippen LogP contribution in [0.3, 0.4) is 0 Å². The lowest BCUT2D eigenvalue weighted by atomic mass is 10.2. The zero-order valence-corrected chi connectivity index (χ0v) is 13.2. The lowest BCUT2D eigenvalue weighted by Crippen LogP contribution is -2.09. The first kappa shape index (κ1) is 15.1. The Balaban J connectivity index is 2.08. The fourth-order valence-corrected chi connectivity index (χ4v) is 4.15. The van der Waals surface area contributed by atoms with Crippen molar-refractivity contribution in [1.82, 2.24) is 0 Å². The van der Waals surface area contributed by atoms with Crippen LogP contribution in [0.25, 0.3) is 0 Å². The van der Waals surface area contributed by atoms with Crippen molar-refractivity contribution in [3.05, 3.63) is 46.2 Å². The van der Waals surface area contributed by atoms with Crippen molar-refractivity contribution < 1.29 is 4.79 Å². The predicted molar refractivity (Wildman–Crippen MR) is 87.5 cm³/mol. The molecule has 2 rings (SSSR count). The SMILES string of the molecule is CC(=O)Nc1ccc(SC(CN)c2sccc2C)cc1. The lowest BCUT2D eigenvalue weighted by Gasteiger charge is -2.14. The largest absolute Gasteiger partial charge is 0.329 e. The first-order valence-electron chi connectivity index (χ1n) is 6.38. The Morgan fingerprint density at radius 2 is 2.05 bits per heavy atom. The van der Waals surface area contributed by atoms with E-state index in [1.807, 2.05) is 24.3 Å². The summed E-state index contributed by atoms with van der Waals surface area (Å²) >= 11 is 3.52. The summed E-state index contributed by atoms with van der Waals surface area (Å²) in [6.45, 7) is 4.24. The minimum Gasteiger partial charge on any atom is -0.329 e. The van der Waals surface area contributed by atoms with E-state index in [4.69, 9.17) is 5.73 Å². The minimum absolute atomic E-state index is 0.0561. The van der Waals surface area contributed by atoms with Crippen LogP contribution in [-0.2, 0) is 4.79 Å². The second kappa shape index (κ2) is 6.92. The summed E-state index contributed by atoms with van der Waals surface area (Å²) in [5.74, 6) is -0.0561. The number of hydrogen-bond acceptors (Lipinski definition) is 4. The predicted octanol–water partition coefficient (Wildman–Crippen LogP) is 3.81. The van der Waals surface area contributed by atoms with Crippen LogP contribution >= 0.6 is 23.1 Å². The second-order valence-electron chi connectivity index (χ2n) is 4.52. The number of thiophene rings is 1. The number of carbonyl (C=O) groups excluding carboxylic acids is 1. The van der Waals surface area contributed by atoms with E-state index in [2.05, 4.69) is 23.7 Å². The molecule has 0 aliphatic rings. The molecule has 1 atom stereocenters. The molecule has 0 saturated carbocycles. The number of carbonyl (C=O) groups is 1. The Morgan fingerprint density at radius 1 is 1.35 bits per heavy atom. The van der Waals surface area contributed by atoms with E-state index in [0.717, 1.165) is 10.6 Å². The fraction of sp³-hybridized carbons (Fsp3) is 0.267. The van der Waals surface area contributed by atoms with Crippen LogP contribution in [0.1, 0.15) is 22.6 Å². The van der Waals surface area contributed by atoms with Gasteiger partial charge >= 0.3 is 0 Å². The van der Waals surface area contributed by atoms with Gasteiger partial charge in [-0.1, -0.05) is 0 Å². The van der Waals surface area contributed by atoms with E-state index < -0.39 is 0 Å². The summed E-state index contributed by atoms with van der Waals surface area (Å²) in [4.78, 5) is 13.5. The number of thioether (sulfide) groups is 1. The van der Waals surface area contributed by atoms with E-state index in [0.29, 0.717) is 6.54 Å². The van der Waals surface area contributed by atoms with Gasteiger partial charge in [-0.3, -0.25) is 4.79 Å². The molecule has 1 aromatic carbocycles. The molecular weight excluding hydrogens is 288 g/mol. The van der Waals surface area contributed by atoms with Gasteiger partial charge in [-0.2, -0.15) is 0 Å². The van der Waals surface area contributed by atoms with Gasteiger partial charge in [-0.15, -0.1) is 23.1 Å². The zero-order valence-electron chi connectivity index (χ0n) is 11.6. The fourth-order valence-electron chi connectivity index (χ4n) is 1.91. The highest BCUT2D eigenvalue weighted by Crippen LogP contribution is 2.38. The minimum atomic E-state index is -0.0561.